The maximum Gasteiger partial charge on any atom is 0.216 e. The van der Waals surface area contributed by atoms with E-state index in [1.807, 2.05) is 6.07 Å². The van der Waals surface area contributed by atoms with Crippen molar-refractivity contribution in [1.82, 2.24) is 0 Å². The number of aryl methyl sites for hydroxylation is 1. The molecule has 0 N–H and O–H groups in total. The summed E-state index contributed by atoms with van der Waals surface area (Å²) in [5.41, 5.74) is 11.8. The number of pyridine rings is 1. The SMILES string of the molecule is [C-]#[N+]c1ccc2c(oc3c(-c4cc(C(C)C)c([Si](C)(C)C)c(C)[n+]4C)c(C)ccc32)c1-c1ccc(C(C)C)cc1. The van der Waals surface area contributed by atoms with Crippen molar-refractivity contribution in [3.05, 3.63) is 88.4 Å². The average molecular weight is 546 g/mol. The van der Waals surface area contributed by atoms with Crippen molar-refractivity contribution in [2.24, 2.45) is 7.05 Å². The standard InChI is InChI=1S/C36H41N2OSi/c1-21(2)25-13-15-26(16-14-25)33-30(37-7)19-18-28-27-17-12-23(5)32(34(27)39-35(28)33)31-20-29(22(3)4)36(40(9,10)11)24(6)38(31)8/h12-22H,1-6,8-11H3/q+1. The minimum Gasteiger partial charge on any atom is -0.456 e. The highest BCUT2D eigenvalue weighted by Gasteiger charge is 2.32. The van der Waals surface area contributed by atoms with Crippen molar-refractivity contribution < 1.29 is 8.98 Å². The van der Waals surface area contributed by atoms with Gasteiger partial charge in [0.2, 0.25) is 5.69 Å². The second kappa shape index (κ2) is 10.1. The van der Waals surface area contributed by atoms with Gasteiger partial charge in [0.05, 0.1) is 20.2 Å². The maximum atomic E-state index is 7.93. The number of hydrogen-bond donors (Lipinski definition) is 0. The molecule has 0 atom stereocenters. The summed E-state index contributed by atoms with van der Waals surface area (Å²) in [5, 5.41) is 3.69. The van der Waals surface area contributed by atoms with Crippen LogP contribution < -0.4 is 9.75 Å². The Morgan fingerprint density at radius 2 is 1.40 bits per heavy atom. The van der Waals surface area contributed by atoms with Crippen LogP contribution >= 0.6 is 0 Å². The van der Waals surface area contributed by atoms with Crippen LogP contribution in [0.2, 0.25) is 19.6 Å². The number of fused-ring (bicyclic) bond motifs is 3. The average Bonchev–Trinajstić information content (AvgIpc) is 3.27. The third kappa shape index (κ3) is 4.47. The van der Waals surface area contributed by atoms with Gasteiger partial charge in [0, 0.05) is 34.5 Å². The van der Waals surface area contributed by atoms with Gasteiger partial charge < -0.3 is 4.42 Å². The lowest BCUT2D eigenvalue weighted by atomic mass is 9.95. The van der Waals surface area contributed by atoms with Gasteiger partial charge in [0.15, 0.2) is 11.4 Å². The van der Waals surface area contributed by atoms with Gasteiger partial charge in [0.1, 0.15) is 18.2 Å². The molecule has 0 amide bonds. The monoisotopic (exact) mass is 545 g/mol. The Morgan fingerprint density at radius 3 is 1.95 bits per heavy atom. The molecule has 3 nitrogen and oxygen atoms in total. The number of nitrogens with zero attached hydrogens (tertiary/aromatic N) is 2. The van der Waals surface area contributed by atoms with Gasteiger partial charge in [-0.15, -0.1) is 0 Å². The molecule has 0 aliphatic carbocycles. The fraction of sp³-hybridized carbons (Fsp3) is 0.333. The Bertz CT molecular complexity index is 1810. The highest BCUT2D eigenvalue weighted by Crippen LogP contribution is 2.44. The summed E-state index contributed by atoms with van der Waals surface area (Å²) < 4.78 is 9.23. The fourth-order valence-corrected chi connectivity index (χ4v) is 8.74. The van der Waals surface area contributed by atoms with Gasteiger partial charge in [0.25, 0.3) is 0 Å². The quantitative estimate of drug-likeness (QED) is 0.122. The van der Waals surface area contributed by atoms with Crippen LogP contribution in [0.4, 0.5) is 5.69 Å². The predicted molar refractivity (Wildman–Crippen MR) is 173 cm³/mol. The molecule has 204 valence electrons. The van der Waals surface area contributed by atoms with Gasteiger partial charge in [-0.1, -0.05) is 95.9 Å². The van der Waals surface area contributed by atoms with Gasteiger partial charge in [-0.3, -0.25) is 0 Å². The first-order valence-corrected chi connectivity index (χ1v) is 17.9. The molecule has 0 saturated carbocycles. The van der Waals surface area contributed by atoms with E-state index in [1.54, 1.807) is 5.19 Å². The maximum absolute atomic E-state index is 7.93. The zero-order chi connectivity index (χ0) is 29.1. The van der Waals surface area contributed by atoms with Crippen LogP contribution in [-0.4, -0.2) is 8.07 Å². The van der Waals surface area contributed by atoms with Crippen molar-refractivity contribution in [3.63, 3.8) is 0 Å². The van der Waals surface area contributed by atoms with Crippen molar-refractivity contribution in [3.8, 4) is 22.4 Å². The van der Waals surface area contributed by atoms with Crippen LogP contribution in [0.3, 0.4) is 0 Å². The molecule has 0 saturated heterocycles. The second-order valence-electron chi connectivity index (χ2n) is 12.9. The van der Waals surface area contributed by atoms with E-state index in [0.29, 0.717) is 17.5 Å². The van der Waals surface area contributed by atoms with Crippen LogP contribution in [0.25, 0.3) is 49.2 Å². The number of furan rings is 1. The number of hydrogen-bond acceptors (Lipinski definition) is 1. The molecule has 2 heterocycles. The van der Waals surface area contributed by atoms with E-state index >= 15 is 0 Å². The van der Waals surface area contributed by atoms with E-state index < -0.39 is 8.07 Å². The van der Waals surface area contributed by atoms with E-state index in [1.165, 1.54) is 28.1 Å². The molecular formula is C36H41N2OSi+. The van der Waals surface area contributed by atoms with Crippen molar-refractivity contribution in [2.45, 2.75) is 73.0 Å². The molecule has 4 heteroatoms. The van der Waals surface area contributed by atoms with E-state index in [2.05, 4.69) is 126 Å². The largest absolute Gasteiger partial charge is 0.456 e. The Kier molecular flexibility index (Phi) is 7.00. The van der Waals surface area contributed by atoms with E-state index in [-0.39, 0.29) is 0 Å². The third-order valence-electron chi connectivity index (χ3n) is 8.42. The topological polar surface area (TPSA) is 21.4 Å². The van der Waals surface area contributed by atoms with Crippen LogP contribution in [0, 0.1) is 20.4 Å². The molecule has 0 spiro atoms. The third-order valence-corrected chi connectivity index (χ3v) is 10.6. The van der Waals surface area contributed by atoms with Crippen LogP contribution in [0.1, 0.15) is 61.9 Å². The fourth-order valence-electron chi connectivity index (χ4n) is 6.26. The van der Waals surface area contributed by atoms with Gasteiger partial charge >= 0.3 is 0 Å². The van der Waals surface area contributed by atoms with E-state index in [9.17, 15) is 0 Å². The predicted octanol–water partition coefficient (Wildman–Crippen LogP) is 9.70. The summed E-state index contributed by atoms with van der Waals surface area (Å²) in [4.78, 5) is 3.90. The zero-order valence-electron chi connectivity index (χ0n) is 25.7. The molecule has 0 radical (unpaired) electrons. The van der Waals surface area contributed by atoms with E-state index in [0.717, 1.165) is 38.6 Å². The Balaban J connectivity index is 1.86. The second-order valence-corrected chi connectivity index (χ2v) is 17.9. The van der Waals surface area contributed by atoms with E-state index in [4.69, 9.17) is 11.0 Å². The first-order chi connectivity index (χ1) is 18.8. The number of benzene rings is 3. The normalized spacial score (nSPS) is 12.2. The molecule has 3 aromatic carbocycles. The molecule has 0 aliphatic rings. The molecule has 0 bridgehead atoms. The minimum atomic E-state index is -1.57. The first-order valence-electron chi connectivity index (χ1n) is 14.4. The van der Waals surface area contributed by atoms with Crippen molar-refractivity contribution >= 4 is 40.9 Å². The first kappa shape index (κ1) is 27.9. The zero-order valence-corrected chi connectivity index (χ0v) is 26.7. The molecule has 2 aromatic heterocycles. The molecule has 0 unspecified atom stereocenters. The lowest BCUT2D eigenvalue weighted by Crippen LogP contribution is -2.51. The molecule has 40 heavy (non-hydrogen) atoms. The van der Waals surface area contributed by atoms with Gasteiger partial charge in [-0.25, -0.2) is 4.85 Å². The summed E-state index contributed by atoms with van der Waals surface area (Å²) >= 11 is 0. The summed E-state index contributed by atoms with van der Waals surface area (Å²) in [7, 11) is 0.619. The van der Waals surface area contributed by atoms with Crippen molar-refractivity contribution in [1.29, 1.82) is 0 Å². The highest BCUT2D eigenvalue weighted by molar-refractivity contribution is 6.89. The summed E-state index contributed by atoms with van der Waals surface area (Å²) in [5.74, 6) is 0.881. The minimum absolute atomic E-state index is 0.428. The highest BCUT2D eigenvalue weighted by atomic mass is 28.3. The van der Waals surface area contributed by atoms with Crippen LogP contribution in [0.15, 0.2) is 59.0 Å². The summed E-state index contributed by atoms with van der Waals surface area (Å²) in [6.07, 6.45) is 0. The molecule has 0 aliphatic heterocycles. The number of rotatable bonds is 5. The van der Waals surface area contributed by atoms with Gasteiger partial charge in [-0.2, -0.15) is 4.57 Å². The van der Waals surface area contributed by atoms with Crippen molar-refractivity contribution in [2.75, 3.05) is 0 Å². The summed E-state index contributed by atoms with van der Waals surface area (Å²) in [6, 6.07) is 19.4. The molecular weight excluding hydrogens is 504 g/mol. The van der Waals surface area contributed by atoms with Crippen LogP contribution in [0.5, 0.6) is 0 Å². The lowest BCUT2D eigenvalue weighted by molar-refractivity contribution is -0.665. The Labute approximate surface area is 240 Å². The molecule has 0 fully saturated rings. The molecule has 5 aromatic rings. The Morgan fingerprint density at radius 1 is 0.800 bits per heavy atom. The summed E-state index contributed by atoms with van der Waals surface area (Å²) in [6.45, 7) is 28.7. The Hall–Kier alpha value is -3.68. The lowest BCUT2D eigenvalue weighted by Gasteiger charge is -2.24. The molecule has 5 rings (SSSR count). The van der Waals surface area contributed by atoms with Gasteiger partial charge in [-0.05, 0) is 41.0 Å². The van der Waals surface area contributed by atoms with Crippen LogP contribution in [-0.2, 0) is 7.05 Å². The number of aromatic nitrogens is 1. The smallest absolute Gasteiger partial charge is 0.216 e.